The molecule has 2 atom stereocenters. The Balaban J connectivity index is 2.80. The van der Waals surface area contributed by atoms with Crippen LogP contribution in [0.2, 0.25) is 0 Å². The van der Waals surface area contributed by atoms with E-state index in [1.54, 1.807) is 6.92 Å². The molecule has 5 heteroatoms. The zero-order valence-electron chi connectivity index (χ0n) is 8.43. The fourth-order valence-corrected chi connectivity index (χ4v) is 3.23. The lowest BCUT2D eigenvalue weighted by Crippen LogP contribution is -2.39. The predicted molar refractivity (Wildman–Crippen MR) is 54.2 cm³/mol. The summed E-state index contributed by atoms with van der Waals surface area (Å²) < 4.78 is 30.2. The molecule has 4 nitrogen and oxygen atoms in total. The van der Waals surface area contributed by atoms with Gasteiger partial charge in [-0.05, 0) is 13.3 Å². The van der Waals surface area contributed by atoms with Gasteiger partial charge in [-0.1, -0.05) is 5.92 Å². The van der Waals surface area contributed by atoms with E-state index < -0.39 is 15.3 Å². The van der Waals surface area contributed by atoms with Gasteiger partial charge in [-0.3, -0.25) is 0 Å². The van der Waals surface area contributed by atoms with Crippen LogP contribution >= 0.6 is 0 Å². The monoisotopic (exact) mass is 217 g/mol. The molecule has 0 amide bonds. The highest BCUT2D eigenvalue weighted by atomic mass is 32.2. The highest BCUT2D eigenvalue weighted by Crippen LogP contribution is 2.22. The summed E-state index contributed by atoms with van der Waals surface area (Å²) in [6.07, 6.45) is 5.39. The molecule has 0 aliphatic carbocycles. The van der Waals surface area contributed by atoms with Crippen LogP contribution < -0.4 is 0 Å². The van der Waals surface area contributed by atoms with E-state index in [0.29, 0.717) is 13.0 Å². The molecule has 0 radical (unpaired) electrons. The first-order chi connectivity index (χ1) is 6.50. The Labute approximate surface area is 85.3 Å². The Hall–Kier alpha value is -0.570. The van der Waals surface area contributed by atoms with E-state index in [-0.39, 0.29) is 12.6 Å². The molecule has 1 aliphatic rings. The lowest BCUT2D eigenvalue weighted by atomic mass is 10.3. The molecular formula is C9H15NO3S. The van der Waals surface area contributed by atoms with Gasteiger partial charge in [0, 0.05) is 13.7 Å². The first kappa shape index (κ1) is 11.5. The minimum Gasteiger partial charge on any atom is -0.377 e. The van der Waals surface area contributed by atoms with Crippen molar-refractivity contribution in [2.75, 3.05) is 20.2 Å². The molecule has 0 aromatic rings. The van der Waals surface area contributed by atoms with Gasteiger partial charge in [0.2, 0.25) is 10.0 Å². The van der Waals surface area contributed by atoms with Crippen molar-refractivity contribution in [3.63, 3.8) is 0 Å². The van der Waals surface area contributed by atoms with E-state index in [1.165, 1.54) is 11.4 Å². The van der Waals surface area contributed by atoms with Crippen molar-refractivity contribution in [1.29, 1.82) is 0 Å². The van der Waals surface area contributed by atoms with Crippen molar-refractivity contribution >= 4 is 10.0 Å². The maximum atomic E-state index is 11.9. The van der Waals surface area contributed by atoms with Crippen molar-refractivity contribution in [1.82, 2.24) is 4.31 Å². The minimum absolute atomic E-state index is 0.117. The summed E-state index contributed by atoms with van der Waals surface area (Å²) in [7, 11) is -1.78. The maximum Gasteiger partial charge on any atom is 0.220 e. The third kappa shape index (κ3) is 2.08. The van der Waals surface area contributed by atoms with E-state index in [0.717, 1.165) is 0 Å². The van der Waals surface area contributed by atoms with E-state index in [2.05, 4.69) is 5.92 Å². The summed E-state index contributed by atoms with van der Waals surface area (Å²) in [5.74, 6) is 2.32. The molecule has 0 spiro atoms. The Bertz CT molecular complexity index is 330. The lowest BCUT2D eigenvalue weighted by molar-refractivity contribution is 0.126. The van der Waals surface area contributed by atoms with Crippen LogP contribution in [0.1, 0.15) is 13.3 Å². The molecule has 0 aromatic heterocycles. The van der Waals surface area contributed by atoms with Crippen LogP contribution in [0.4, 0.5) is 0 Å². The quantitative estimate of drug-likeness (QED) is 0.628. The molecule has 1 fully saturated rings. The Morgan fingerprint density at radius 1 is 1.64 bits per heavy atom. The first-order valence-corrected chi connectivity index (χ1v) is 6.00. The topological polar surface area (TPSA) is 46.6 Å². The van der Waals surface area contributed by atoms with Crippen molar-refractivity contribution in [3.05, 3.63) is 0 Å². The number of hydrogen-bond donors (Lipinski definition) is 0. The van der Waals surface area contributed by atoms with Crippen molar-refractivity contribution < 1.29 is 13.2 Å². The molecule has 0 aromatic carbocycles. The molecule has 0 bridgehead atoms. The Morgan fingerprint density at radius 2 is 2.29 bits per heavy atom. The fourth-order valence-electron chi connectivity index (χ4n) is 1.55. The predicted octanol–water partition coefficient (Wildman–Crippen LogP) is 0.0586. The molecule has 0 unspecified atom stereocenters. The van der Waals surface area contributed by atoms with Crippen LogP contribution in [0.25, 0.3) is 0 Å². The highest BCUT2D eigenvalue weighted by molar-refractivity contribution is 7.89. The van der Waals surface area contributed by atoms with Crippen LogP contribution in [-0.4, -0.2) is 44.3 Å². The van der Waals surface area contributed by atoms with E-state index in [4.69, 9.17) is 11.2 Å². The average molecular weight is 217 g/mol. The molecule has 1 saturated heterocycles. The molecule has 0 saturated carbocycles. The summed E-state index contributed by atoms with van der Waals surface area (Å²) in [5.41, 5.74) is 0. The zero-order chi connectivity index (χ0) is 10.8. The molecular weight excluding hydrogens is 202 g/mol. The number of ether oxygens (including phenoxy) is 1. The average Bonchev–Trinajstić information content (AvgIpc) is 2.52. The number of hydrogen-bond acceptors (Lipinski definition) is 3. The van der Waals surface area contributed by atoms with Crippen molar-refractivity contribution in [2.24, 2.45) is 0 Å². The molecule has 1 heterocycles. The van der Waals surface area contributed by atoms with Crippen LogP contribution in [0, 0.1) is 12.3 Å². The maximum absolute atomic E-state index is 11.9. The summed E-state index contributed by atoms with van der Waals surface area (Å²) in [5, 5.41) is -0.444. The molecule has 1 aliphatic heterocycles. The molecule has 0 N–H and O–H groups in total. The minimum atomic E-state index is -3.28. The lowest BCUT2D eigenvalue weighted by Gasteiger charge is -2.21. The smallest absolute Gasteiger partial charge is 0.220 e. The van der Waals surface area contributed by atoms with E-state index >= 15 is 0 Å². The van der Waals surface area contributed by atoms with Gasteiger partial charge in [-0.15, -0.1) is 6.42 Å². The van der Waals surface area contributed by atoms with Gasteiger partial charge in [-0.25, -0.2) is 8.42 Å². The Kier molecular flexibility index (Phi) is 3.53. The summed E-state index contributed by atoms with van der Waals surface area (Å²) in [6, 6.07) is 0. The zero-order valence-corrected chi connectivity index (χ0v) is 9.25. The fraction of sp³-hybridized carbons (Fsp3) is 0.778. The van der Waals surface area contributed by atoms with Crippen LogP contribution in [-0.2, 0) is 14.8 Å². The Morgan fingerprint density at radius 3 is 2.71 bits per heavy atom. The SMILES string of the molecule is C#CCN(C)S(=O)(=O)[C@@H]1CCO[C@H]1C. The number of nitrogens with zero attached hydrogens (tertiary/aromatic N) is 1. The van der Waals surface area contributed by atoms with Crippen molar-refractivity contribution in [3.8, 4) is 12.3 Å². The van der Waals surface area contributed by atoms with Gasteiger partial charge in [0.15, 0.2) is 0 Å². The van der Waals surface area contributed by atoms with Crippen LogP contribution in [0.5, 0.6) is 0 Å². The van der Waals surface area contributed by atoms with Gasteiger partial charge < -0.3 is 4.74 Å². The number of terminal acetylenes is 1. The van der Waals surface area contributed by atoms with Crippen molar-refractivity contribution in [2.45, 2.75) is 24.7 Å². The molecule has 1 rings (SSSR count). The van der Waals surface area contributed by atoms with E-state index in [1.807, 2.05) is 0 Å². The second kappa shape index (κ2) is 4.30. The van der Waals surface area contributed by atoms with Gasteiger partial charge in [0.1, 0.15) is 5.25 Å². The second-order valence-electron chi connectivity index (χ2n) is 3.41. The van der Waals surface area contributed by atoms with Gasteiger partial charge in [0.25, 0.3) is 0 Å². The second-order valence-corrected chi connectivity index (χ2v) is 5.67. The van der Waals surface area contributed by atoms with Gasteiger partial charge in [-0.2, -0.15) is 4.31 Å². The molecule has 80 valence electrons. The van der Waals surface area contributed by atoms with Crippen LogP contribution in [0.15, 0.2) is 0 Å². The van der Waals surface area contributed by atoms with Gasteiger partial charge in [0.05, 0.1) is 12.6 Å². The summed E-state index contributed by atoms with van der Waals surface area (Å²) >= 11 is 0. The third-order valence-electron chi connectivity index (χ3n) is 2.44. The van der Waals surface area contributed by atoms with E-state index in [9.17, 15) is 8.42 Å². The standard InChI is InChI=1S/C9H15NO3S/c1-4-6-10(3)14(11,12)9-5-7-13-8(9)2/h1,8-9H,5-7H2,2-3H3/t8-,9+/m0/s1. The summed E-state index contributed by atoms with van der Waals surface area (Å²) in [6.45, 7) is 2.40. The normalized spacial score (nSPS) is 27.9. The third-order valence-corrected chi connectivity index (χ3v) is 4.82. The highest BCUT2D eigenvalue weighted by Gasteiger charge is 2.37. The number of rotatable bonds is 3. The number of sulfonamides is 1. The molecule has 14 heavy (non-hydrogen) atoms. The van der Waals surface area contributed by atoms with Crippen LogP contribution in [0.3, 0.4) is 0 Å². The largest absolute Gasteiger partial charge is 0.377 e. The van der Waals surface area contributed by atoms with Gasteiger partial charge >= 0.3 is 0 Å². The first-order valence-electron chi connectivity index (χ1n) is 4.50. The summed E-state index contributed by atoms with van der Waals surface area (Å²) in [4.78, 5) is 0.